The van der Waals surface area contributed by atoms with Crippen LogP contribution in [0.3, 0.4) is 0 Å². The average Bonchev–Trinajstić information content (AvgIpc) is 2.52. The van der Waals surface area contributed by atoms with E-state index in [1.807, 2.05) is 6.92 Å². The lowest BCUT2D eigenvalue weighted by molar-refractivity contribution is -0.142. The van der Waals surface area contributed by atoms with E-state index in [-0.39, 0.29) is 24.5 Å². The van der Waals surface area contributed by atoms with Crippen LogP contribution in [0.15, 0.2) is 0 Å². The van der Waals surface area contributed by atoms with Gasteiger partial charge in [-0.05, 0) is 26.2 Å². The lowest BCUT2D eigenvalue weighted by atomic mass is 10.1. The first-order valence-electron chi connectivity index (χ1n) is 7.51. The Hall–Kier alpha value is -1.19. The van der Waals surface area contributed by atoms with Crippen LogP contribution < -0.4 is 10.6 Å². The molecule has 0 aromatic rings. The molecule has 0 aliphatic rings. The molecule has 0 rings (SSSR count). The number of unbranched alkanes of at least 4 members (excludes halogenated alkanes) is 1. The maximum atomic E-state index is 11.6. The van der Waals surface area contributed by atoms with Crippen molar-refractivity contribution < 1.29 is 29.0 Å². The number of carbonyl (C=O) groups is 3. The quantitative estimate of drug-likeness (QED) is 0.287. The van der Waals surface area contributed by atoms with Gasteiger partial charge in [0.1, 0.15) is 12.6 Å². The molecule has 0 fully saturated rings. The first kappa shape index (κ1) is 21.8. The minimum Gasteiger partial charge on any atom is -0.480 e. The molecule has 0 heterocycles. The number of carboxylic acids is 1. The van der Waals surface area contributed by atoms with Gasteiger partial charge in [0.2, 0.25) is 11.8 Å². The second kappa shape index (κ2) is 14.4. The Kier molecular flexibility index (Phi) is 13.7. The first-order valence-corrected chi connectivity index (χ1v) is 8.63. The van der Waals surface area contributed by atoms with Crippen molar-refractivity contribution in [1.29, 1.82) is 0 Å². The Bertz CT molecular complexity index is 367. The van der Waals surface area contributed by atoms with Gasteiger partial charge in [0.25, 0.3) is 0 Å². The third kappa shape index (κ3) is 13.0. The topological polar surface area (TPSA) is 114 Å². The Morgan fingerprint density at radius 2 is 1.83 bits per heavy atom. The average molecular weight is 397 g/mol. The van der Waals surface area contributed by atoms with E-state index in [2.05, 4.69) is 26.6 Å². The highest BCUT2D eigenvalue weighted by Crippen LogP contribution is 2.01. The number of amides is 2. The van der Waals surface area contributed by atoms with E-state index in [4.69, 9.17) is 14.6 Å². The van der Waals surface area contributed by atoms with Crippen molar-refractivity contribution in [2.24, 2.45) is 0 Å². The molecule has 0 aliphatic heterocycles. The maximum Gasteiger partial charge on any atom is 0.326 e. The van der Waals surface area contributed by atoms with Gasteiger partial charge >= 0.3 is 5.97 Å². The van der Waals surface area contributed by atoms with E-state index >= 15 is 0 Å². The highest BCUT2D eigenvalue weighted by Gasteiger charge is 2.19. The molecule has 0 saturated carbocycles. The summed E-state index contributed by atoms with van der Waals surface area (Å²) < 4.78 is 10.1. The van der Waals surface area contributed by atoms with Crippen LogP contribution in [0.1, 0.15) is 26.2 Å². The smallest absolute Gasteiger partial charge is 0.326 e. The zero-order valence-corrected chi connectivity index (χ0v) is 14.9. The van der Waals surface area contributed by atoms with Crippen molar-refractivity contribution in [3.8, 4) is 0 Å². The number of carboxylic acid groups (broad SMARTS) is 1. The number of halogens is 1. The van der Waals surface area contributed by atoms with Gasteiger partial charge in [0.05, 0.1) is 18.5 Å². The molecule has 0 radical (unpaired) electrons. The third-order valence-corrected chi connectivity index (χ3v) is 3.32. The van der Waals surface area contributed by atoms with Gasteiger partial charge in [-0.15, -0.1) is 0 Å². The van der Waals surface area contributed by atoms with Gasteiger partial charge in [-0.1, -0.05) is 15.9 Å². The zero-order valence-electron chi connectivity index (χ0n) is 13.3. The Labute approximate surface area is 144 Å². The van der Waals surface area contributed by atoms with E-state index in [0.717, 1.165) is 0 Å². The van der Waals surface area contributed by atoms with Crippen molar-refractivity contribution in [2.75, 3.05) is 38.3 Å². The number of alkyl halides is 1. The van der Waals surface area contributed by atoms with Crippen molar-refractivity contribution in [1.82, 2.24) is 10.6 Å². The van der Waals surface area contributed by atoms with Gasteiger partial charge < -0.3 is 25.2 Å². The van der Waals surface area contributed by atoms with E-state index in [1.165, 1.54) is 0 Å². The fraction of sp³-hybridized carbons (Fsp3) is 0.786. The molecule has 134 valence electrons. The standard InChI is InChI=1S/C14H25BrN2O6/c1-2-22-7-8-23-10-13(19)17-11(14(20)21)5-3-4-6-16-12(18)9-15/h11H,2-10H2,1H3,(H,16,18)(H,17,19)(H,20,21)/t11-/m1/s1. The highest BCUT2D eigenvalue weighted by molar-refractivity contribution is 9.09. The predicted molar refractivity (Wildman–Crippen MR) is 87.5 cm³/mol. The highest BCUT2D eigenvalue weighted by atomic mass is 79.9. The summed E-state index contributed by atoms with van der Waals surface area (Å²) in [6, 6.07) is -0.954. The van der Waals surface area contributed by atoms with Crippen LogP contribution in [0, 0.1) is 0 Å². The monoisotopic (exact) mass is 396 g/mol. The summed E-state index contributed by atoms with van der Waals surface area (Å²) in [5, 5.41) is 14.4. The maximum absolute atomic E-state index is 11.6. The Balaban J connectivity index is 3.86. The van der Waals surface area contributed by atoms with Crippen molar-refractivity contribution in [3.63, 3.8) is 0 Å². The largest absolute Gasteiger partial charge is 0.480 e. The number of hydrogen-bond acceptors (Lipinski definition) is 5. The second-order valence-electron chi connectivity index (χ2n) is 4.69. The fourth-order valence-electron chi connectivity index (χ4n) is 1.67. The molecule has 2 amide bonds. The van der Waals surface area contributed by atoms with Crippen molar-refractivity contribution >= 4 is 33.7 Å². The van der Waals surface area contributed by atoms with Crippen LogP contribution in [-0.2, 0) is 23.9 Å². The fourth-order valence-corrected chi connectivity index (χ4v) is 1.87. The molecule has 9 heteroatoms. The molecule has 3 N–H and O–H groups in total. The summed E-state index contributed by atoms with van der Waals surface area (Å²) in [6.45, 7) is 3.39. The lowest BCUT2D eigenvalue weighted by Gasteiger charge is -2.14. The minimum atomic E-state index is -1.09. The first-order chi connectivity index (χ1) is 11.0. The zero-order chi connectivity index (χ0) is 17.5. The molecule has 0 aromatic carbocycles. The molecule has 0 spiro atoms. The molecule has 8 nitrogen and oxygen atoms in total. The van der Waals surface area contributed by atoms with Crippen LogP contribution in [-0.4, -0.2) is 67.2 Å². The molecule has 0 saturated heterocycles. The molecule has 0 aromatic heterocycles. The predicted octanol–water partition coefficient (Wildman–Crippen LogP) is 0.290. The van der Waals surface area contributed by atoms with E-state index < -0.39 is 17.9 Å². The summed E-state index contributed by atoms with van der Waals surface area (Å²) in [5.41, 5.74) is 0. The minimum absolute atomic E-state index is 0.114. The number of hydrogen-bond donors (Lipinski definition) is 3. The van der Waals surface area contributed by atoms with E-state index in [1.54, 1.807) is 0 Å². The number of nitrogens with one attached hydrogen (secondary N) is 2. The van der Waals surface area contributed by atoms with Gasteiger partial charge in [-0.2, -0.15) is 0 Å². The Morgan fingerprint density at radius 1 is 1.13 bits per heavy atom. The summed E-state index contributed by atoms with van der Waals surface area (Å²) in [7, 11) is 0. The van der Waals surface area contributed by atoms with Gasteiger partial charge in [-0.25, -0.2) is 4.79 Å². The number of rotatable bonds is 14. The molecular weight excluding hydrogens is 372 g/mol. The van der Waals surface area contributed by atoms with Crippen molar-refractivity contribution in [3.05, 3.63) is 0 Å². The van der Waals surface area contributed by atoms with Crippen LogP contribution in [0.4, 0.5) is 0 Å². The molecule has 0 bridgehead atoms. The number of ether oxygens (including phenoxy) is 2. The third-order valence-electron chi connectivity index (χ3n) is 2.81. The molecule has 23 heavy (non-hydrogen) atoms. The summed E-state index contributed by atoms with van der Waals surface area (Å²) in [5.74, 6) is -1.67. The molecule has 1 atom stereocenters. The number of carbonyl (C=O) groups excluding carboxylic acids is 2. The van der Waals surface area contributed by atoms with E-state index in [0.29, 0.717) is 39.0 Å². The lowest BCUT2D eigenvalue weighted by Crippen LogP contribution is -2.42. The van der Waals surface area contributed by atoms with Gasteiger partial charge in [0, 0.05) is 13.2 Å². The summed E-state index contributed by atoms with van der Waals surface area (Å²) in [6.07, 6.45) is 1.51. The Morgan fingerprint density at radius 3 is 2.43 bits per heavy atom. The van der Waals surface area contributed by atoms with E-state index in [9.17, 15) is 14.4 Å². The van der Waals surface area contributed by atoms with Gasteiger partial charge in [-0.3, -0.25) is 9.59 Å². The van der Waals surface area contributed by atoms with Crippen LogP contribution in [0.2, 0.25) is 0 Å². The van der Waals surface area contributed by atoms with Crippen molar-refractivity contribution in [2.45, 2.75) is 32.2 Å². The van der Waals surface area contributed by atoms with Crippen LogP contribution in [0.25, 0.3) is 0 Å². The summed E-state index contributed by atoms with van der Waals surface area (Å²) in [4.78, 5) is 33.7. The van der Waals surface area contributed by atoms with Crippen LogP contribution >= 0.6 is 15.9 Å². The normalized spacial score (nSPS) is 11.7. The van der Waals surface area contributed by atoms with Gasteiger partial charge in [0.15, 0.2) is 0 Å². The molecule has 0 aliphatic carbocycles. The molecule has 0 unspecified atom stereocenters. The number of aliphatic carboxylic acids is 1. The summed E-state index contributed by atoms with van der Waals surface area (Å²) >= 11 is 3.03. The molecular formula is C14H25BrN2O6. The van der Waals surface area contributed by atoms with Crippen LogP contribution in [0.5, 0.6) is 0 Å². The SMILES string of the molecule is CCOCCOCC(=O)N[C@H](CCCCNC(=O)CBr)C(=O)O. The second-order valence-corrected chi connectivity index (χ2v) is 5.25.